The van der Waals surface area contributed by atoms with Crippen LogP contribution in [0, 0.1) is 0 Å². The fourth-order valence-electron chi connectivity index (χ4n) is 1.81. The molecule has 2 rings (SSSR count). The first-order chi connectivity index (χ1) is 10.2. The molecule has 0 saturated carbocycles. The summed E-state index contributed by atoms with van der Waals surface area (Å²) in [5.74, 6) is -0.154. The minimum atomic E-state index is -0.221. The summed E-state index contributed by atoms with van der Waals surface area (Å²) in [7, 11) is 0. The van der Waals surface area contributed by atoms with Crippen molar-refractivity contribution in [1.82, 2.24) is 10.2 Å². The SMILES string of the molecule is N/C(CCN(C(=O)c1ccnnc1)c1ccccc1)=N/O. The van der Waals surface area contributed by atoms with E-state index in [1.807, 2.05) is 30.3 Å². The minimum Gasteiger partial charge on any atom is -0.409 e. The van der Waals surface area contributed by atoms with Gasteiger partial charge in [0.05, 0.1) is 18.0 Å². The third kappa shape index (κ3) is 3.75. The summed E-state index contributed by atoms with van der Waals surface area (Å²) in [6, 6.07) is 10.8. The van der Waals surface area contributed by atoms with Crippen molar-refractivity contribution in [1.29, 1.82) is 0 Å². The molecule has 1 amide bonds. The molecule has 0 aliphatic heterocycles. The Labute approximate surface area is 121 Å². The van der Waals surface area contributed by atoms with Crippen LogP contribution in [0.3, 0.4) is 0 Å². The number of anilines is 1. The van der Waals surface area contributed by atoms with Crippen molar-refractivity contribution >= 4 is 17.4 Å². The topological polar surface area (TPSA) is 105 Å². The van der Waals surface area contributed by atoms with Crippen molar-refractivity contribution in [3.63, 3.8) is 0 Å². The Kier molecular flexibility index (Phi) is 4.81. The number of amidine groups is 1. The van der Waals surface area contributed by atoms with E-state index < -0.39 is 0 Å². The quantitative estimate of drug-likeness (QED) is 0.372. The van der Waals surface area contributed by atoms with Crippen molar-refractivity contribution in [3.05, 3.63) is 54.4 Å². The van der Waals surface area contributed by atoms with Crippen LogP contribution >= 0.6 is 0 Å². The average Bonchev–Trinajstić information content (AvgIpc) is 2.56. The normalized spacial score (nSPS) is 11.1. The zero-order valence-corrected chi connectivity index (χ0v) is 11.3. The van der Waals surface area contributed by atoms with Crippen LogP contribution in [0.25, 0.3) is 0 Å². The summed E-state index contributed by atoms with van der Waals surface area (Å²) in [6.07, 6.45) is 3.12. The molecule has 0 unspecified atom stereocenters. The highest BCUT2D eigenvalue weighted by molar-refractivity contribution is 6.06. The Balaban J connectivity index is 2.25. The van der Waals surface area contributed by atoms with Gasteiger partial charge in [0.15, 0.2) is 0 Å². The molecule has 2 aromatic rings. The van der Waals surface area contributed by atoms with E-state index >= 15 is 0 Å². The second-order valence-electron chi connectivity index (χ2n) is 4.26. The molecule has 108 valence electrons. The number of nitrogens with two attached hydrogens (primary N) is 1. The van der Waals surface area contributed by atoms with Gasteiger partial charge in [-0.3, -0.25) is 4.79 Å². The van der Waals surface area contributed by atoms with Gasteiger partial charge >= 0.3 is 0 Å². The highest BCUT2D eigenvalue weighted by Gasteiger charge is 2.18. The van der Waals surface area contributed by atoms with Gasteiger partial charge < -0.3 is 15.8 Å². The van der Waals surface area contributed by atoms with Crippen LogP contribution in [-0.4, -0.2) is 33.7 Å². The maximum atomic E-state index is 12.6. The summed E-state index contributed by atoms with van der Waals surface area (Å²) < 4.78 is 0. The van der Waals surface area contributed by atoms with Gasteiger partial charge in [-0.15, -0.1) is 0 Å². The molecule has 0 bridgehead atoms. The molecule has 0 aliphatic rings. The second kappa shape index (κ2) is 6.99. The van der Waals surface area contributed by atoms with Crippen LogP contribution in [0.4, 0.5) is 5.69 Å². The van der Waals surface area contributed by atoms with Crippen molar-refractivity contribution in [2.45, 2.75) is 6.42 Å². The summed E-state index contributed by atoms with van der Waals surface area (Å²) in [5, 5.41) is 18.9. The van der Waals surface area contributed by atoms with Gasteiger partial charge in [-0.2, -0.15) is 10.2 Å². The van der Waals surface area contributed by atoms with E-state index in [1.165, 1.54) is 12.4 Å². The molecule has 7 heteroatoms. The smallest absolute Gasteiger partial charge is 0.259 e. The second-order valence-corrected chi connectivity index (χ2v) is 4.26. The molecule has 0 atom stereocenters. The molecule has 7 nitrogen and oxygen atoms in total. The van der Waals surface area contributed by atoms with Crippen LogP contribution in [-0.2, 0) is 0 Å². The fraction of sp³-hybridized carbons (Fsp3) is 0.143. The summed E-state index contributed by atoms with van der Waals surface area (Å²) in [6.45, 7) is 0.293. The third-order valence-electron chi connectivity index (χ3n) is 2.86. The standard InChI is InChI=1S/C14H15N5O2/c15-13(18-21)7-9-19(12-4-2-1-3-5-12)14(20)11-6-8-16-17-10-11/h1-6,8,10,21H,7,9H2,(H2,15,18). The molecule has 21 heavy (non-hydrogen) atoms. The first-order valence-corrected chi connectivity index (χ1v) is 6.32. The molecule has 1 aromatic carbocycles. The molecule has 0 spiro atoms. The van der Waals surface area contributed by atoms with Gasteiger partial charge in [0, 0.05) is 18.7 Å². The van der Waals surface area contributed by atoms with Crippen LogP contribution in [0.2, 0.25) is 0 Å². The predicted molar refractivity (Wildman–Crippen MR) is 78.2 cm³/mol. The Morgan fingerprint density at radius 2 is 2.00 bits per heavy atom. The maximum absolute atomic E-state index is 12.6. The van der Waals surface area contributed by atoms with Crippen molar-refractivity contribution < 1.29 is 10.0 Å². The van der Waals surface area contributed by atoms with Crippen LogP contribution in [0.1, 0.15) is 16.8 Å². The molecule has 1 aromatic heterocycles. The van der Waals surface area contributed by atoms with E-state index in [2.05, 4.69) is 15.4 Å². The van der Waals surface area contributed by atoms with E-state index in [-0.39, 0.29) is 18.2 Å². The number of rotatable bonds is 5. The predicted octanol–water partition coefficient (Wildman–Crippen LogP) is 1.26. The number of hydrogen-bond donors (Lipinski definition) is 2. The average molecular weight is 285 g/mol. The number of amides is 1. The van der Waals surface area contributed by atoms with Gasteiger partial charge in [-0.25, -0.2) is 0 Å². The molecule has 0 radical (unpaired) electrons. The van der Waals surface area contributed by atoms with Gasteiger partial charge in [0.1, 0.15) is 5.84 Å². The lowest BCUT2D eigenvalue weighted by atomic mass is 10.2. The molecule has 0 saturated heterocycles. The first kappa shape index (κ1) is 14.4. The van der Waals surface area contributed by atoms with E-state index in [4.69, 9.17) is 10.9 Å². The summed E-state index contributed by atoms with van der Waals surface area (Å²) >= 11 is 0. The molecular formula is C14H15N5O2. The zero-order valence-electron chi connectivity index (χ0n) is 11.3. The van der Waals surface area contributed by atoms with Gasteiger partial charge in [-0.1, -0.05) is 23.4 Å². The Bertz CT molecular complexity index is 616. The molecule has 1 heterocycles. The number of oxime groups is 1. The first-order valence-electron chi connectivity index (χ1n) is 6.32. The van der Waals surface area contributed by atoms with E-state index in [0.717, 1.165) is 5.69 Å². The van der Waals surface area contributed by atoms with E-state index in [0.29, 0.717) is 12.1 Å². The fourth-order valence-corrected chi connectivity index (χ4v) is 1.81. The number of benzene rings is 1. The molecule has 3 N–H and O–H groups in total. The number of aromatic nitrogens is 2. The molecular weight excluding hydrogens is 270 g/mol. The number of para-hydroxylation sites is 1. The highest BCUT2D eigenvalue weighted by Crippen LogP contribution is 2.16. The number of carbonyl (C=O) groups is 1. The third-order valence-corrected chi connectivity index (χ3v) is 2.86. The monoisotopic (exact) mass is 285 g/mol. The zero-order chi connectivity index (χ0) is 15.1. The van der Waals surface area contributed by atoms with Gasteiger partial charge in [-0.05, 0) is 18.2 Å². The number of hydrogen-bond acceptors (Lipinski definition) is 5. The van der Waals surface area contributed by atoms with Gasteiger partial charge in [0.25, 0.3) is 5.91 Å². The lowest BCUT2D eigenvalue weighted by Gasteiger charge is -2.22. The Morgan fingerprint density at radius 3 is 2.62 bits per heavy atom. The van der Waals surface area contributed by atoms with E-state index in [9.17, 15) is 4.79 Å². The lowest BCUT2D eigenvalue weighted by Crippen LogP contribution is -2.34. The van der Waals surface area contributed by atoms with Crippen molar-refractivity contribution in [2.24, 2.45) is 10.9 Å². The van der Waals surface area contributed by atoms with Crippen molar-refractivity contribution in [3.8, 4) is 0 Å². The molecule has 0 aliphatic carbocycles. The highest BCUT2D eigenvalue weighted by atomic mass is 16.4. The van der Waals surface area contributed by atoms with E-state index in [1.54, 1.807) is 11.0 Å². The number of nitrogens with zero attached hydrogens (tertiary/aromatic N) is 4. The Morgan fingerprint density at radius 1 is 1.24 bits per heavy atom. The summed E-state index contributed by atoms with van der Waals surface area (Å²) in [5.41, 5.74) is 6.63. The maximum Gasteiger partial charge on any atom is 0.259 e. The minimum absolute atomic E-state index is 0.0663. The van der Waals surface area contributed by atoms with Crippen LogP contribution in [0.5, 0.6) is 0 Å². The van der Waals surface area contributed by atoms with Crippen LogP contribution < -0.4 is 10.6 Å². The van der Waals surface area contributed by atoms with Crippen LogP contribution in [0.15, 0.2) is 53.9 Å². The summed E-state index contributed by atoms with van der Waals surface area (Å²) in [4.78, 5) is 14.1. The number of carbonyl (C=O) groups excluding carboxylic acids is 1. The largest absolute Gasteiger partial charge is 0.409 e. The van der Waals surface area contributed by atoms with Crippen molar-refractivity contribution in [2.75, 3.05) is 11.4 Å². The van der Waals surface area contributed by atoms with Gasteiger partial charge in [0.2, 0.25) is 0 Å². The lowest BCUT2D eigenvalue weighted by molar-refractivity contribution is 0.0987. The molecule has 0 fully saturated rings. The Hall–Kier alpha value is -2.96.